The zero-order valence-corrected chi connectivity index (χ0v) is 16.8. The van der Waals surface area contributed by atoms with E-state index in [1.165, 1.54) is 24.5 Å². The maximum Gasteiger partial charge on any atom is 0.409 e. The number of rotatable bonds is 5. The summed E-state index contributed by atoms with van der Waals surface area (Å²) in [7, 11) is 0. The van der Waals surface area contributed by atoms with E-state index in [1.54, 1.807) is 36.4 Å². The number of carbonyl (C=O) groups is 3. The lowest BCUT2D eigenvalue weighted by atomic mass is 10.2. The molecular weight excluding hydrogens is 432 g/mol. The SMILES string of the molecule is O=C(O)Nc1ccc(N(S)C(=O)Nc2ccc(NC(=O)c3ccco3)cc2)cc1Cl. The first kappa shape index (κ1) is 21.1. The van der Waals surface area contributed by atoms with Gasteiger partial charge in [0.1, 0.15) is 0 Å². The van der Waals surface area contributed by atoms with Crippen LogP contribution in [0.5, 0.6) is 0 Å². The highest BCUT2D eigenvalue weighted by Gasteiger charge is 2.15. The largest absolute Gasteiger partial charge is 0.465 e. The Hall–Kier alpha value is -3.63. The van der Waals surface area contributed by atoms with E-state index >= 15 is 0 Å². The molecule has 30 heavy (non-hydrogen) atoms. The number of anilines is 4. The minimum absolute atomic E-state index is 0.110. The molecule has 2 aromatic carbocycles. The van der Waals surface area contributed by atoms with Crippen molar-refractivity contribution in [3.8, 4) is 0 Å². The Kier molecular flexibility index (Phi) is 6.50. The Morgan fingerprint density at radius 1 is 0.967 bits per heavy atom. The van der Waals surface area contributed by atoms with Gasteiger partial charge >= 0.3 is 12.1 Å². The van der Waals surface area contributed by atoms with Gasteiger partial charge in [0.2, 0.25) is 0 Å². The number of thiol groups is 1. The Morgan fingerprint density at radius 3 is 2.20 bits per heavy atom. The van der Waals surface area contributed by atoms with Gasteiger partial charge in [-0.1, -0.05) is 24.4 Å². The van der Waals surface area contributed by atoms with Gasteiger partial charge in [0, 0.05) is 11.4 Å². The van der Waals surface area contributed by atoms with Gasteiger partial charge in [-0.05, 0) is 54.6 Å². The second-order valence-corrected chi connectivity index (χ2v) is 6.65. The van der Waals surface area contributed by atoms with Crippen molar-refractivity contribution in [2.45, 2.75) is 0 Å². The van der Waals surface area contributed by atoms with Crippen LogP contribution in [0, 0.1) is 0 Å². The molecule has 4 N–H and O–H groups in total. The van der Waals surface area contributed by atoms with E-state index < -0.39 is 18.0 Å². The summed E-state index contributed by atoms with van der Waals surface area (Å²) >= 11 is 10.2. The van der Waals surface area contributed by atoms with Gasteiger partial charge in [-0.2, -0.15) is 0 Å². The van der Waals surface area contributed by atoms with E-state index in [1.807, 2.05) is 0 Å². The Morgan fingerprint density at radius 2 is 1.63 bits per heavy atom. The zero-order valence-electron chi connectivity index (χ0n) is 15.1. The number of hydrogen-bond acceptors (Lipinski definition) is 5. The summed E-state index contributed by atoms with van der Waals surface area (Å²) in [6.07, 6.45) is 0.147. The van der Waals surface area contributed by atoms with Crippen LogP contribution in [0.4, 0.5) is 32.3 Å². The molecule has 0 atom stereocenters. The molecule has 1 heterocycles. The number of furan rings is 1. The number of nitrogens with one attached hydrogen (secondary N) is 3. The third kappa shape index (κ3) is 5.25. The number of hydrogen-bond donors (Lipinski definition) is 5. The topological polar surface area (TPSA) is 124 Å². The lowest BCUT2D eigenvalue weighted by Gasteiger charge is -2.18. The van der Waals surface area contributed by atoms with Gasteiger partial charge in [-0.25, -0.2) is 13.9 Å². The van der Waals surface area contributed by atoms with E-state index in [4.69, 9.17) is 21.1 Å². The normalized spacial score (nSPS) is 10.2. The average Bonchev–Trinajstić information content (AvgIpc) is 3.25. The molecule has 0 saturated carbocycles. The van der Waals surface area contributed by atoms with E-state index in [0.29, 0.717) is 17.1 Å². The van der Waals surface area contributed by atoms with Crippen molar-refractivity contribution in [3.05, 3.63) is 71.6 Å². The summed E-state index contributed by atoms with van der Waals surface area (Å²) in [5, 5.41) is 16.3. The van der Waals surface area contributed by atoms with Gasteiger partial charge in [-0.3, -0.25) is 10.1 Å². The molecule has 3 rings (SSSR count). The smallest absolute Gasteiger partial charge is 0.409 e. The first-order valence-corrected chi connectivity index (χ1v) is 9.15. The summed E-state index contributed by atoms with van der Waals surface area (Å²) in [5.41, 5.74) is 1.50. The predicted octanol–water partition coefficient (Wildman–Crippen LogP) is 5.16. The first-order chi connectivity index (χ1) is 14.3. The fourth-order valence-electron chi connectivity index (χ4n) is 2.38. The lowest BCUT2D eigenvalue weighted by molar-refractivity contribution is 0.0996. The molecule has 0 fully saturated rings. The second kappa shape index (κ2) is 9.25. The van der Waals surface area contributed by atoms with Crippen LogP contribution in [-0.4, -0.2) is 23.1 Å². The van der Waals surface area contributed by atoms with Crippen LogP contribution in [0.3, 0.4) is 0 Å². The molecule has 154 valence electrons. The van der Waals surface area contributed by atoms with Crippen LogP contribution in [0.1, 0.15) is 10.6 Å². The standard InChI is InChI=1S/C19H15ClN4O5S/c20-14-10-13(7-8-15(14)23-19(27)28)24(30)18(26)22-12-5-3-11(4-6-12)21-17(25)16-2-1-9-29-16/h1-10,23,30H,(H,21,25)(H,22,26)(H,27,28). The van der Waals surface area contributed by atoms with Crippen molar-refractivity contribution in [2.24, 2.45) is 0 Å². The number of urea groups is 1. The molecule has 1 aromatic heterocycles. The van der Waals surface area contributed by atoms with Gasteiger partial charge < -0.3 is 20.2 Å². The van der Waals surface area contributed by atoms with Crippen LogP contribution in [-0.2, 0) is 0 Å². The minimum atomic E-state index is -1.26. The van der Waals surface area contributed by atoms with Crippen molar-refractivity contribution < 1.29 is 23.9 Å². The summed E-state index contributed by atoms with van der Waals surface area (Å²) in [6, 6.07) is 13.3. The van der Waals surface area contributed by atoms with E-state index in [0.717, 1.165) is 4.31 Å². The van der Waals surface area contributed by atoms with Crippen LogP contribution >= 0.6 is 24.4 Å². The molecular formula is C19H15ClN4O5S. The molecule has 4 amide bonds. The first-order valence-electron chi connectivity index (χ1n) is 8.38. The number of halogens is 1. The number of carboxylic acid groups (broad SMARTS) is 1. The lowest BCUT2D eigenvalue weighted by Crippen LogP contribution is -2.26. The molecule has 0 spiro atoms. The Labute approximate surface area is 181 Å². The number of benzene rings is 2. The molecule has 0 aliphatic carbocycles. The zero-order chi connectivity index (χ0) is 21.7. The fourth-order valence-corrected chi connectivity index (χ4v) is 2.78. The quantitative estimate of drug-likeness (QED) is 0.346. The maximum atomic E-state index is 12.4. The molecule has 3 aromatic rings. The highest BCUT2D eigenvalue weighted by molar-refractivity contribution is 7.82. The van der Waals surface area contributed by atoms with Gasteiger partial charge in [-0.15, -0.1) is 0 Å². The fraction of sp³-hybridized carbons (Fsp3) is 0. The predicted molar refractivity (Wildman–Crippen MR) is 117 cm³/mol. The summed E-state index contributed by atoms with van der Waals surface area (Å²) in [6.45, 7) is 0. The molecule has 0 bridgehead atoms. The summed E-state index contributed by atoms with van der Waals surface area (Å²) in [5.74, 6) is -0.211. The van der Waals surface area contributed by atoms with E-state index in [9.17, 15) is 14.4 Å². The molecule has 0 aliphatic rings. The number of amides is 4. The van der Waals surface area contributed by atoms with Gasteiger partial charge in [0.15, 0.2) is 5.76 Å². The molecule has 0 radical (unpaired) electrons. The average molecular weight is 447 g/mol. The molecule has 0 aliphatic heterocycles. The third-order valence-corrected chi connectivity index (χ3v) is 4.50. The van der Waals surface area contributed by atoms with Crippen molar-refractivity contribution in [1.82, 2.24) is 0 Å². The molecule has 0 saturated heterocycles. The summed E-state index contributed by atoms with van der Waals surface area (Å²) in [4.78, 5) is 35.1. The number of carbonyl (C=O) groups excluding carboxylic acids is 2. The summed E-state index contributed by atoms with van der Waals surface area (Å²) < 4.78 is 6.04. The molecule has 11 heteroatoms. The minimum Gasteiger partial charge on any atom is -0.465 e. The highest BCUT2D eigenvalue weighted by Crippen LogP contribution is 2.29. The Bertz CT molecular complexity index is 1070. The third-order valence-electron chi connectivity index (χ3n) is 3.77. The molecule has 0 unspecified atom stereocenters. The van der Waals surface area contributed by atoms with Crippen molar-refractivity contribution in [3.63, 3.8) is 0 Å². The van der Waals surface area contributed by atoms with E-state index in [2.05, 4.69) is 28.8 Å². The number of nitrogens with zero attached hydrogens (tertiary/aromatic N) is 1. The molecule has 9 nitrogen and oxygen atoms in total. The second-order valence-electron chi connectivity index (χ2n) is 5.85. The maximum absolute atomic E-state index is 12.4. The van der Waals surface area contributed by atoms with E-state index in [-0.39, 0.29) is 16.5 Å². The Balaban J connectivity index is 1.62. The van der Waals surface area contributed by atoms with Crippen LogP contribution in [0.25, 0.3) is 0 Å². The van der Waals surface area contributed by atoms with Gasteiger partial charge in [0.25, 0.3) is 5.91 Å². The van der Waals surface area contributed by atoms with Crippen molar-refractivity contribution in [2.75, 3.05) is 20.3 Å². The monoisotopic (exact) mass is 446 g/mol. The highest BCUT2D eigenvalue weighted by atomic mass is 35.5. The van der Waals surface area contributed by atoms with Crippen LogP contribution in [0.2, 0.25) is 5.02 Å². The van der Waals surface area contributed by atoms with Crippen molar-refractivity contribution >= 4 is 65.2 Å². The van der Waals surface area contributed by atoms with Crippen LogP contribution < -0.4 is 20.3 Å². The van der Waals surface area contributed by atoms with Crippen LogP contribution in [0.15, 0.2) is 65.3 Å². The van der Waals surface area contributed by atoms with Crippen molar-refractivity contribution in [1.29, 1.82) is 0 Å². The van der Waals surface area contributed by atoms with Gasteiger partial charge in [0.05, 0.1) is 22.7 Å².